The third kappa shape index (κ3) is 4.60. The number of nitrogens with zero attached hydrogens (tertiary/aromatic N) is 2. The van der Waals surface area contributed by atoms with Gasteiger partial charge in [-0.25, -0.2) is 8.42 Å². The Labute approximate surface area is 193 Å². The zero-order valence-corrected chi connectivity index (χ0v) is 19.1. The number of fused-ring (bicyclic) bond motifs is 1. The van der Waals surface area contributed by atoms with E-state index in [1.165, 1.54) is 25.3 Å². The Morgan fingerprint density at radius 1 is 1.29 bits per heavy atom. The van der Waals surface area contributed by atoms with Crippen LogP contribution in [0.25, 0.3) is 11.0 Å². The van der Waals surface area contributed by atoms with Gasteiger partial charge in [-0.05, 0) is 19.1 Å². The number of aromatic nitrogens is 3. The van der Waals surface area contributed by atoms with Crippen molar-refractivity contribution in [3.63, 3.8) is 0 Å². The number of H-pyrrole nitrogens is 1. The van der Waals surface area contributed by atoms with Gasteiger partial charge in [-0.1, -0.05) is 0 Å². The maximum atomic E-state index is 13.4. The fourth-order valence-electron chi connectivity index (χ4n) is 3.57. The summed E-state index contributed by atoms with van der Waals surface area (Å²) in [5.41, 5.74) is -1.58. The molecule has 3 heterocycles. The van der Waals surface area contributed by atoms with Gasteiger partial charge in [0.05, 0.1) is 35.2 Å². The number of hydrogen-bond donors (Lipinski definition) is 4. The van der Waals surface area contributed by atoms with Crippen LogP contribution >= 0.6 is 0 Å². The molecule has 1 aromatic carbocycles. The van der Waals surface area contributed by atoms with Crippen LogP contribution in [0.4, 0.5) is 30.6 Å². The van der Waals surface area contributed by atoms with E-state index in [0.717, 1.165) is 6.20 Å². The van der Waals surface area contributed by atoms with Gasteiger partial charge in [0, 0.05) is 31.9 Å². The molecule has 0 radical (unpaired) electrons. The molecule has 1 aliphatic heterocycles. The highest BCUT2D eigenvalue weighted by Crippen LogP contribution is 2.38. The van der Waals surface area contributed by atoms with E-state index in [4.69, 9.17) is 9.47 Å². The van der Waals surface area contributed by atoms with Crippen LogP contribution in [0.5, 0.6) is 5.75 Å². The lowest BCUT2D eigenvalue weighted by atomic mass is 10.2. The molecule has 184 valence electrons. The molecule has 1 fully saturated rings. The highest BCUT2D eigenvalue weighted by molar-refractivity contribution is 7.92. The molecule has 0 aliphatic carbocycles. The SMILES string of the molecule is CCNc1nc(Nc2ccc(S(=O)(=O)C3CNCCO3)cc2OC)nc2[nH]cc(C(F)(F)F)c12. The van der Waals surface area contributed by atoms with Gasteiger partial charge in [0.25, 0.3) is 0 Å². The van der Waals surface area contributed by atoms with Crippen molar-refractivity contribution in [1.82, 2.24) is 20.3 Å². The van der Waals surface area contributed by atoms with Gasteiger partial charge in [0.2, 0.25) is 15.8 Å². The molecule has 1 unspecified atom stereocenters. The maximum Gasteiger partial charge on any atom is 0.418 e. The van der Waals surface area contributed by atoms with Crippen molar-refractivity contribution in [2.75, 3.05) is 44.0 Å². The molecule has 1 saturated heterocycles. The van der Waals surface area contributed by atoms with Gasteiger partial charge in [-0.2, -0.15) is 23.1 Å². The average molecular weight is 501 g/mol. The number of nitrogens with one attached hydrogen (secondary N) is 4. The fourth-order valence-corrected chi connectivity index (χ4v) is 5.02. The highest BCUT2D eigenvalue weighted by atomic mass is 32.2. The molecule has 4 rings (SSSR count). The summed E-state index contributed by atoms with van der Waals surface area (Å²) in [4.78, 5) is 10.9. The molecule has 0 amide bonds. The molecular formula is C20H23F3N6O4S. The minimum atomic E-state index is -4.58. The summed E-state index contributed by atoms with van der Waals surface area (Å²) in [6.07, 6.45) is -3.74. The van der Waals surface area contributed by atoms with Crippen LogP contribution in [-0.2, 0) is 20.8 Å². The third-order valence-corrected chi connectivity index (χ3v) is 7.07. The summed E-state index contributed by atoms with van der Waals surface area (Å²) in [6.45, 7) is 3.09. The quantitative estimate of drug-likeness (QED) is 0.387. The number of hydrogen-bond acceptors (Lipinski definition) is 9. The van der Waals surface area contributed by atoms with Crippen LogP contribution in [0.3, 0.4) is 0 Å². The summed E-state index contributed by atoms with van der Waals surface area (Å²) in [5, 5.41) is 8.53. The summed E-state index contributed by atoms with van der Waals surface area (Å²) in [6, 6.07) is 4.20. The lowest BCUT2D eigenvalue weighted by Crippen LogP contribution is -2.43. The predicted molar refractivity (Wildman–Crippen MR) is 119 cm³/mol. The molecule has 0 spiro atoms. The van der Waals surface area contributed by atoms with E-state index in [9.17, 15) is 21.6 Å². The largest absolute Gasteiger partial charge is 0.495 e. The van der Waals surface area contributed by atoms with Crippen molar-refractivity contribution in [2.24, 2.45) is 0 Å². The molecule has 10 nitrogen and oxygen atoms in total. The van der Waals surface area contributed by atoms with Crippen LogP contribution in [0.2, 0.25) is 0 Å². The minimum Gasteiger partial charge on any atom is -0.495 e. The highest BCUT2D eigenvalue weighted by Gasteiger charge is 2.36. The summed E-state index contributed by atoms with van der Waals surface area (Å²) in [5.74, 6) is 0.178. The van der Waals surface area contributed by atoms with Crippen LogP contribution in [0.1, 0.15) is 12.5 Å². The molecule has 0 saturated carbocycles. The van der Waals surface area contributed by atoms with E-state index in [1.807, 2.05) is 0 Å². The number of anilines is 3. The van der Waals surface area contributed by atoms with Crippen LogP contribution < -0.4 is 20.7 Å². The molecule has 0 bridgehead atoms. The van der Waals surface area contributed by atoms with E-state index in [0.29, 0.717) is 18.8 Å². The van der Waals surface area contributed by atoms with E-state index < -0.39 is 27.0 Å². The van der Waals surface area contributed by atoms with E-state index in [2.05, 4.69) is 30.9 Å². The first kappa shape index (κ1) is 24.0. The molecule has 1 atom stereocenters. The summed E-state index contributed by atoms with van der Waals surface area (Å²) < 4.78 is 76.7. The molecule has 34 heavy (non-hydrogen) atoms. The Bertz CT molecular complexity index is 1290. The second-order valence-electron chi connectivity index (χ2n) is 7.39. The van der Waals surface area contributed by atoms with E-state index in [-0.39, 0.29) is 46.6 Å². The number of benzene rings is 1. The maximum absolute atomic E-state index is 13.4. The van der Waals surface area contributed by atoms with Crippen LogP contribution in [-0.4, -0.2) is 62.2 Å². The van der Waals surface area contributed by atoms with E-state index in [1.54, 1.807) is 6.92 Å². The van der Waals surface area contributed by atoms with Gasteiger partial charge in [-0.3, -0.25) is 0 Å². The normalized spacial score (nSPS) is 17.0. The van der Waals surface area contributed by atoms with Crippen molar-refractivity contribution in [1.29, 1.82) is 0 Å². The monoisotopic (exact) mass is 500 g/mol. The average Bonchev–Trinajstić information content (AvgIpc) is 3.25. The lowest BCUT2D eigenvalue weighted by Gasteiger charge is -2.24. The molecule has 2 aromatic heterocycles. The molecule has 1 aliphatic rings. The number of halogens is 3. The second kappa shape index (κ2) is 9.27. The Morgan fingerprint density at radius 3 is 2.74 bits per heavy atom. The summed E-state index contributed by atoms with van der Waals surface area (Å²) in [7, 11) is -2.42. The second-order valence-corrected chi connectivity index (χ2v) is 9.47. The van der Waals surface area contributed by atoms with Crippen LogP contribution in [0.15, 0.2) is 29.3 Å². The third-order valence-electron chi connectivity index (χ3n) is 5.17. The molecule has 4 N–H and O–H groups in total. The molecular weight excluding hydrogens is 477 g/mol. The van der Waals surface area contributed by atoms with E-state index >= 15 is 0 Å². The Balaban J connectivity index is 1.69. The predicted octanol–water partition coefficient (Wildman–Crippen LogP) is 2.88. The smallest absolute Gasteiger partial charge is 0.418 e. The number of sulfone groups is 1. The van der Waals surface area contributed by atoms with Crippen molar-refractivity contribution in [3.05, 3.63) is 30.0 Å². The molecule has 3 aromatic rings. The number of methoxy groups -OCH3 is 1. The van der Waals surface area contributed by atoms with Crippen molar-refractivity contribution < 1.29 is 31.1 Å². The number of morpholine rings is 1. The first-order valence-electron chi connectivity index (χ1n) is 10.4. The Kier molecular flexibility index (Phi) is 6.55. The Morgan fingerprint density at radius 2 is 2.09 bits per heavy atom. The zero-order valence-electron chi connectivity index (χ0n) is 18.3. The summed E-state index contributed by atoms with van der Waals surface area (Å²) >= 11 is 0. The van der Waals surface area contributed by atoms with Gasteiger partial charge in [0.15, 0.2) is 5.44 Å². The number of ether oxygens (including phenoxy) is 2. The molecule has 14 heteroatoms. The lowest BCUT2D eigenvalue weighted by molar-refractivity contribution is -0.136. The number of alkyl halides is 3. The van der Waals surface area contributed by atoms with Gasteiger partial charge >= 0.3 is 6.18 Å². The number of aromatic amines is 1. The topological polar surface area (TPSA) is 130 Å². The van der Waals surface area contributed by atoms with Crippen molar-refractivity contribution in [3.8, 4) is 5.75 Å². The standard InChI is InChI=1S/C20H23F3N6O4S/c1-3-25-17-16-12(20(21,22)23)9-26-18(16)29-19(28-17)27-13-5-4-11(8-14(13)32-2)34(30,31)15-10-24-6-7-33-15/h4-5,8-9,15,24H,3,6-7,10H2,1-2H3,(H3,25,26,27,28,29). The van der Waals surface area contributed by atoms with Crippen molar-refractivity contribution in [2.45, 2.75) is 23.4 Å². The Hall–Kier alpha value is -3.10. The van der Waals surface area contributed by atoms with Gasteiger partial charge in [0.1, 0.15) is 17.2 Å². The van der Waals surface area contributed by atoms with Crippen molar-refractivity contribution >= 4 is 38.3 Å². The number of rotatable bonds is 7. The van der Waals surface area contributed by atoms with Gasteiger partial charge in [-0.15, -0.1) is 0 Å². The minimum absolute atomic E-state index is 0.00341. The first-order chi connectivity index (χ1) is 16.1. The first-order valence-corrected chi connectivity index (χ1v) is 11.9. The van der Waals surface area contributed by atoms with Crippen LogP contribution in [0, 0.1) is 0 Å². The fraction of sp³-hybridized carbons (Fsp3) is 0.400. The zero-order chi connectivity index (χ0) is 24.5. The van der Waals surface area contributed by atoms with Gasteiger partial charge < -0.3 is 30.4 Å².